The highest BCUT2D eigenvalue weighted by atomic mass is 16.5. The molecule has 1 saturated carbocycles. The zero-order valence-electron chi connectivity index (χ0n) is 13.4. The van der Waals surface area contributed by atoms with Crippen LogP contribution in [0.4, 0.5) is 0 Å². The maximum absolute atomic E-state index is 12.3. The normalized spacial score (nSPS) is 21.5. The minimum Gasteiger partial charge on any atom is -0.440 e. The Labute approximate surface area is 135 Å². The van der Waals surface area contributed by atoms with Crippen LogP contribution in [0.3, 0.4) is 0 Å². The molecule has 0 bridgehead atoms. The van der Waals surface area contributed by atoms with Gasteiger partial charge in [0.25, 0.3) is 0 Å². The van der Waals surface area contributed by atoms with E-state index in [-0.39, 0.29) is 11.8 Å². The van der Waals surface area contributed by atoms with E-state index in [2.05, 4.69) is 6.07 Å². The molecule has 2 N–H and O–H groups in total. The van der Waals surface area contributed by atoms with Crippen molar-refractivity contribution in [1.82, 2.24) is 0 Å². The number of hydrogen-bond donors (Lipinski definition) is 1. The van der Waals surface area contributed by atoms with Gasteiger partial charge in [-0.15, -0.1) is 0 Å². The molecule has 2 aliphatic rings. The van der Waals surface area contributed by atoms with Crippen molar-refractivity contribution in [3.63, 3.8) is 0 Å². The first-order valence-corrected chi connectivity index (χ1v) is 8.32. The van der Waals surface area contributed by atoms with E-state index in [9.17, 15) is 10.1 Å². The van der Waals surface area contributed by atoms with Gasteiger partial charge in [-0.2, -0.15) is 5.26 Å². The Bertz CT molecular complexity index is 721. The van der Waals surface area contributed by atoms with E-state index < -0.39 is 5.63 Å². The summed E-state index contributed by atoms with van der Waals surface area (Å²) in [6, 6.07) is 3.80. The van der Waals surface area contributed by atoms with Crippen molar-refractivity contribution in [2.45, 2.75) is 57.8 Å². The van der Waals surface area contributed by atoms with Crippen LogP contribution < -0.4 is 16.1 Å². The fourth-order valence-corrected chi connectivity index (χ4v) is 3.78. The van der Waals surface area contributed by atoms with Crippen LogP contribution in [-0.4, -0.2) is 0 Å². The summed E-state index contributed by atoms with van der Waals surface area (Å²) in [6.07, 6.45) is 8.07. The Morgan fingerprint density at radius 3 is 2.74 bits per heavy atom. The first-order chi connectivity index (χ1) is 11.1. The van der Waals surface area contributed by atoms with Crippen molar-refractivity contribution >= 4 is 0 Å². The molecule has 1 aliphatic carbocycles. The van der Waals surface area contributed by atoms with Crippen LogP contribution in [0.15, 0.2) is 26.7 Å². The highest BCUT2D eigenvalue weighted by molar-refractivity contribution is 5.48. The zero-order chi connectivity index (χ0) is 16.4. The molecule has 0 spiro atoms. The predicted molar refractivity (Wildman–Crippen MR) is 85.7 cm³/mol. The van der Waals surface area contributed by atoms with Gasteiger partial charge in [0, 0.05) is 12.0 Å². The molecule has 1 aromatic heterocycles. The third kappa shape index (κ3) is 3.12. The van der Waals surface area contributed by atoms with Crippen LogP contribution in [0.5, 0.6) is 5.75 Å². The SMILES string of the molecule is Cc1cc2c(c(=O)o1)[C@@H](CCC1CCCCC1)C(C#N)=C(N)O2. The minimum atomic E-state index is -0.422. The van der Waals surface area contributed by atoms with Gasteiger partial charge in [0.2, 0.25) is 5.88 Å². The molecule has 1 fully saturated rings. The number of aryl methyl sites for hydroxylation is 1. The monoisotopic (exact) mass is 314 g/mol. The number of hydrogen-bond acceptors (Lipinski definition) is 5. The van der Waals surface area contributed by atoms with Gasteiger partial charge in [-0.25, -0.2) is 4.79 Å². The van der Waals surface area contributed by atoms with Crippen molar-refractivity contribution in [2.24, 2.45) is 11.7 Å². The molecular formula is C18H22N2O3. The van der Waals surface area contributed by atoms with Crippen molar-refractivity contribution in [3.05, 3.63) is 39.3 Å². The summed E-state index contributed by atoms with van der Waals surface area (Å²) in [4.78, 5) is 12.3. The number of ether oxygens (including phenoxy) is 1. The summed E-state index contributed by atoms with van der Waals surface area (Å²) in [7, 11) is 0. The Kier molecular flexibility index (Phi) is 4.42. The van der Waals surface area contributed by atoms with E-state index >= 15 is 0 Å². The van der Waals surface area contributed by atoms with Gasteiger partial charge in [0.05, 0.1) is 11.1 Å². The van der Waals surface area contributed by atoms with Gasteiger partial charge in [-0.05, 0) is 25.7 Å². The van der Waals surface area contributed by atoms with Crippen LogP contribution in [0.2, 0.25) is 0 Å². The van der Waals surface area contributed by atoms with Crippen molar-refractivity contribution in [1.29, 1.82) is 5.26 Å². The van der Waals surface area contributed by atoms with Gasteiger partial charge in [0.15, 0.2) is 0 Å². The van der Waals surface area contributed by atoms with Crippen LogP contribution >= 0.6 is 0 Å². The highest BCUT2D eigenvalue weighted by Crippen LogP contribution is 2.40. The van der Waals surface area contributed by atoms with Crippen LogP contribution in [0.25, 0.3) is 0 Å². The molecular weight excluding hydrogens is 292 g/mol. The first-order valence-electron chi connectivity index (χ1n) is 8.32. The van der Waals surface area contributed by atoms with Crippen molar-refractivity contribution in [2.75, 3.05) is 0 Å². The number of nitrogens with two attached hydrogens (primary N) is 1. The number of nitrogens with zero attached hydrogens (tertiary/aromatic N) is 1. The lowest BCUT2D eigenvalue weighted by molar-refractivity contribution is 0.315. The standard InChI is InChI=1S/C18H22N2O3/c1-11-9-15-16(18(21)22-11)13(14(10-19)17(20)23-15)8-7-12-5-3-2-4-6-12/h9,12-13H,2-8,20H2,1H3/t13-/m0/s1. The third-order valence-corrected chi connectivity index (χ3v) is 4.96. The second-order valence-electron chi connectivity index (χ2n) is 6.55. The number of rotatable bonds is 3. The number of fused-ring (bicyclic) bond motifs is 1. The average Bonchev–Trinajstić information content (AvgIpc) is 2.52. The van der Waals surface area contributed by atoms with Gasteiger partial charge in [-0.1, -0.05) is 32.1 Å². The molecule has 23 heavy (non-hydrogen) atoms. The molecule has 3 rings (SSSR count). The zero-order valence-corrected chi connectivity index (χ0v) is 13.4. The van der Waals surface area contributed by atoms with Crippen LogP contribution in [0, 0.1) is 24.2 Å². The molecule has 1 aromatic rings. The van der Waals surface area contributed by atoms with E-state index in [0.717, 1.165) is 12.8 Å². The van der Waals surface area contributed by atoms with E-state index in [0.29, 0.717) is 28.6 Å². The molecule has 5 nitrogen and oxygen atoms in total. The molecule has 122 valence electrons. The molecule has 0 saturated heterocycles. The van der Waals surface area contributed by atoms with Gasteiger partial charge < -0.3 is 14.9 Å². The van der Waals surface area contributed by atoms with E-state index in [4.69, 9.17) is 14.9 Å². The van der Waals surface area contributed by atoms with Crippen molar-refractivity contribution < 1.29 is 9.15 Å². The summed E-state index contributed by atoms with van der Waals surface area (Å²) < 4.78 is 10.7. The minimum absolute atomic E-state index is 0.110. The Balaban J connectivity index is 1.90. The molecule has 0 aromatic carbocycles. The fraction of sp³-hybridized carbons (Fsp3) is 0.556. The molecule has 1 aliphatic heterocycles. The molecule has 1 atom stereocenters. The van der Waals surface area contributed by atoms with E-state index in [1.807, 2.05) is 0 Å². The molecule has 0 radical (unpaired) electrons. The average molecular weight is 314 g/mol. The largest absolute Gasteiger partial charge is 0.440 e. The van der Waals surface area contributed by atoms with Crippen LogP contribution in [0.1, 0.15) is 62.2 Å². The third-order valence-electron chi connectivity index (χ3n) is 4.96. The second kappa shape index (κ2) is 6.49. The van der Waals surface area contributed by atoms with Gasteiger partial charge in [-0.3, -0.25) is 0 Å². The van der Waals surface area contributed by atoms with Gasteiger partial charge >= 0.3 is 5.63 Å². The van der Waals surface area contributed by atoms with Crippen LogP contribution in [-0.2, 0) is 0 Å². The molecule has 0 unspecified atom stereocenters. The quantitative estimate of drug-likeness (QED) is 0.922. The maximum atomic E-state index is 12.3. The summed E-state index contributed by atoms with van der Waals surface area (Å²) in [6.45, 7) is 1.70. The first kappa shape index (κ1) is 15.7. The lowest BCUT2D eigenvalue weighted by Gasteiger charge is -2.27. The Morgan fingerprint density at radius 1 is 1.30 bits per heavy atom. The summed E-state index contributed by atoms with van der Waals surface area (Å²) in [5, 5.41) is 9.44. The topological polar surface area (TPSA) is 89.2 Å². The smallest absolute Gasteiger partial charge is 0.343 e. The lowest BCUT2D eigenvalue weighted by Crippen LogP contribution is -2.26. The lowest BCUT2D eigenvalue weighted by atomic mass is 9.80. The number of nitriles is 1. The highest BCUT2D eigenvalue weighted by Gasteiger charge is 2.33. The van der Waals surface area contributed by atoms with Gasteiger partial charge in [0.1, 0.15) is 17.6 Å². The molecule has 5 heteroatoms. The summed E-state index contributed by atoms with van der Waals surface area (Å²) in [5.41, 5.74) is 6.28. The summed E-state index contributed by atoms with van der Waals surface area (Å²) >= 11 is 0. The molecule has 0 amide bonds. The molecule has 2 heterocycles. The fourth-order valence-electron chi connectivity index (χ4n) is 3.78. The second-order valence-corrected chi connectivity index (χ2v) is 6.55. The maximum Gasteiger partial charge on any atom is 0.343 e. The Morgan fingerprint density at radius 2 is 2.04 bits per heavy atom. The van der Waals surface area contributed by atoms with E-state index in [1.165, 1.54) is 32.1 Å². The number of allylic oxidation sites excluding steroid dienone is 1. The van der Waals surface area contributed by atoms with Crippen molar-refractivity contribution in [3.8, 4) is 11.8 Å². The predicted octanol–water partition coefficient (Wildman–Crippen LogP) is 3.48. The van der Waals surface area contributed by atoms with E-state index in [1.54, 1.807) is 13.0 Å². The summed E-state index contributed by atoms with van der Waals surface area (Å²) in [5.74, 6) is 1.38. The Hall–Kier alpha value is -2.22.